The van der Waals surface area contributed by atoms with Crippen LogP contribution in [0, 0.1) is 11.3 Å². The molecule has 2 aromatic carbocycles. The second-order valence-corrected chi connectivity index (χ2v) is 5.50. The first-order valence-electron chi connectivity index (χ1n) is 6.93. The van der Waals surface area contributed by atoms with Gasteiger partial charge in [-0.25, -0.2) is 0 Å². The molecule has 0 saturated carbocycles. The lowest BCUT2D eigenvalue weighted by Gasteiger charge is -2.24. The van der Waals surface area contributed by atoms with Gasteiger partial charge in [-0.15, -0.1) is 0 Å². The molecule has 0 saturated heterocycles. The molecule has 0 fully saturated rings. The minimum atomic E-state index is -0.699. The van der Waals surface area contributed by atoms with E-state index in [0.717, 1.165) is 11.3 Å². The Balaban J connectivity index is 2.20. The highest BCUT2D eigenvalue weighted by Gasteiger charge is 2.29. The van der Waals surface area contributed by atoms with Gasteiger partial charge < -0.3 is 10.1 Å². The third-order valence-corrected chi connectivity index (χ3v) is 3.63. The van der Waals surface area contributed by atoms with Gasteiger partial charge in [0, 0.05) is 5.69 Å². The molecule has 0 aromatic heterocycles. The summed E-state index contributed by atoms with van der Waals surface area (Å²) in [5, 5.41) is 11.8. The van der Waals surface area contributed by atoms with Crippen LogP contribution in [0.1, 0.15) is 25.0 Å². The highest BCUT2D eigenvalue weighted by Crippen LogP contribution is 2.27. The quantitative estimate of drug-likeness (QED) is 0.939. The van der Waals surface area contributed by atoms with Gasteiger partial charge in [-0.05, 0) is 49.7 Å². The zero-order valence-corrected chi connectivity index (χ0v) is 12.9. The maximum Gasteiger partial charge on any atom is 0.234 e. The molecule has 112 valence electrons. The number of anilines is 1. The van der Waals surface area contributed by atoms with E-state index in [-0.39, 0.29) is 5.91 Å². The number of rotatable bonds is 4. The first-order valence-corrected chi connectivity index (χ1v) is 6.93. The van der Waals surface area contributed by atoms with Crippen molar-refractivity contribution < 1.29 is 9.53 Å². The Kier molecular flexibility index (Phi) is 4.47. The predicted molar refractivity (Wildman–Crippen MR) is 85.8 cm³/mol. The highest BCUT2D eigenvalue weighted by atomic mass is 16.5. The molecule has 0 unspecified atom stereocenters. The summed E-state index contributed by atoms with van der Waals surface area (Å²) in [6.07, 6.45) is 0. The Morgan fingerprint density at radius 3 is 2.45 bits per heavy atom. The van der Waals surface area contributed by atoms with Gasteiger partial charge in [0.1, 0.15) is 5.75 Å². The van der Waals surface area contributed by atoms with Gasteiger partial charge in [0.05, 0.1) is 24.2 Å². The van der Waals surface area contributed by atoms with Crippen molar-refractivity contribution in [2.45, 2.75) is 19.3 Å². The van der Waals surface area contributed by atoms with E-state index >= 15 is 0 Å². The highest BCUT2D eigenvalue weighted by molar-refractivity contribution is 5.98. The maximum atomic E-state index is 12.6. The molecule has 2 rings (SSSR count). The van der Waals surface area contributed by atoms with Crippen molar-refractivity contribution in [3.8, 4) is 11.8 Å². The van der Waals surface area contributed by atoms with Gasteiger partial charge in [-0.2, -0.15) is 5.26 Å². The molecule has 0 radical (unpaired) electrons. The summed E-state index contributed by atoms with van der Waals surface area (Å²) in [6, 6.07) is 16.3. The van der Waals surface area contributed by atoms with Crippen LogP contribution in [0.4, 0.5) is 5.69 Å². The molecule has 0 spiro atoms. The number of nitrogens with zero attached hydrogens (tertiary/aromatic N) is 1. The predicted octanol–water partition coefficient (Wildman–Crippen LogP) is 3.48. The van der Waals surface area contributed by atoms with Crippen molar-refractivity contribution in [3.63, 3.8) is 0 Å². The van der Waals surface area contributed by atoms with Gasteiger partial charge in [-0.1, -0.05) is 18.2 Å². The lowest BCUT2D eigenvalue weighted by molar-refractivity contribution is -0.120. The molecule has 4 heteroatoms. The van der Waals surface area contributed by atoms with E-state index < -0.39 is 5.41 Å². The lowest BCUT2D eigenvalue weighted by atomic mass is 9.83. The Labute approximate surface area is 130 Å². The number of hydrogen-bond donors (Lipinski definition) is 1. The zero-order chi connectivity index (χ0) is 16.2. The van der Waals surface area contributed by atoms with E-state index in [1.54, 1.807) is 31.4 Å². The van der Waals surface area contributed by atoms with Gasteiger partial charge in [-0.3, -0.25) is 4.79 Å². The molecule has 0 bridgehead atoms. The SMILES string of the molecule is COc1ccc(C(C)(C)C(=O)Nc2cccc(C#N)c2)cc1. The Morgan fingerprint density at radius 1 is 1.18 bits per heavy atom. The monoisotopic (exact) mass is 294 g/mol. The van der Waals surface area contributed by atoms with Crippen molar-refractivity contribution >= 4 is 11.6 Å². The maximum absolute atomic E-state index is 12.6. The second kappa shape index (κ2) is 6.31. The molecule has 2 aromatic rings. The number of carbonyl (C=O) groups is 1. The number of ether oxygens (including phenoxy) is 1. The topological polar surface area (TPSA) is 62.1 Å². The summed E-state index contributed by atoms with van der Waals surface area (Å²) in [5.41, 5.74) is 1.32. The minimum Gasteiger partial charge on any atom is -0.497 e. The van der Waals surface area contributed by atoms with Crippen molar-refractivity contribution in [2.24, 2.45) is 0 Å². The number of methoxy groups -OCH3 is 1. The molecule has 0 aliphatic heterocycles. The van der Waals surface area contributed by atoms with Crippen LogP contribution in [0.3, 0.4) is 0 Å². The Morgan fingerprint density at radius 2 is 1.86 bits per heavy atom. The minimum absolute atomic E-state index is 0.132. The number of nitrogens with one attached hydrogen (secondary N) is 1. The van der Waals surface area contributed by atoms with Crippen LogP contribution in [0.2, 0.25) is 0 Å². The van der Waals surface area contributed by atoms with Crippen molar-refractivity contribution in [1.82, 2.24) is 0 Å². The second-order valence-electron chi connectivity index (χ2n) is 5.50. The average Bonchev–Trinajstić information content (AvgIpc) is 2.55. The van der Waals surface area contributed by atoms with E-state index in [4.69, 9.17) is 10.00 Å². The van der Waals surface area contributed by atoms with Crippen LogP contribution < -0.4 is 10.1 Å². The summed E-state index contributed by atoms with van der Waals surface area (Å²) in [5.74, 6) is 0.620. The van der Waals surface area contributed by atoms with Crippen LogP contribution in [-0.4, -0.2) is 13.0 Å². The first-order chi connectivity index (χ1) is 10.5. The van der Waals surface area contributed by atoms with E-state index in [1.807, 2.05) is 38.1 Å². The van der Waals surface area contributed by atoms with Crippen LogP contribution in [0.5, 0.6) is 5.75 Å². The molecule has 4 nitrogen and oxygen atoms in total. The standard InChI is InChI=1S/C18H18N2O2/c1-18(2,14-7-9-16(22-3)10-8-14)17(21)20-15-6-4-5-13(11-15)12-19/h4-11H,1-3H3,(H,20,21). The van der Waals surface area contributed by atoms with E-state index in [1.165, 1.54) is 0 Å². The normalized spacial score (nSPS) is 10.6. The van der Waals surface area contributed by atoms with Crippen LogP contribution in [0.15, 0.2) is 48.5 Å². The molecule has 0 aliphatic carbocycles. The van der Waals surface area contributed by atoms with Crippen LogP contribution in [-0.2, 0) is 10.2 Å². The third kappa shape index (κ3) is 3.26. The van der Waals surface area contributed by atoms with Crippen LogP contribution in [0.25, 0.3) is 0 Å². The Hall–Kier alpha value is -2.80. The summed E-state index contributed by atoms with van der Waals surface area (Å²) in [7, 11) is 1.61. The fourth-order valence-corrected chi connectivity index (χ4v) is 2.09. The fraction of sp³-hybridized carbons (Fsp3) is 0.222. The van der Waals surface area contributed by atoms with Crippen LogP contribution >= 0.6 is 0 Å². The van der Waals surface area contributed by atoms with Gasteiger partial charge in [0.2, 0.25) is 5.91 Å². The van der Waals surface area contributed by atoms with Gasteiger partial charge >= 0.3 is 0 Å². The molecular weight excluding hydrogens is 276 g/mol. The lowest BCUT2D eigenvalue weighted by Crippen LogP contribution is -2.34. The number of amides is 1. The smallest absolute Gasteiger partial charge is 0.234 e. The molecule has 1 N–H and O–H groups in total. The number of benzene rings is 2. The summed E-state index contributed by atoms with van der Waals surface area (Å²) < 4.78 is 5.13. The molecule has 0 aliphatic rings. The Bertz CT molecular complexity index is 713. The third-order valence-electron chi connectivity index (χ3n) is 3.63. The molecular formula is C18H18N2O2. The van der Waals surface area contributed by atoms with Crippen molar-refractivity contribution in [1.29, 1.82) is 5.26 Å². The largest absolute Gasteiger partial charge is 0.497 e. The molecule has 22 heavy (non-hydrogen) atoms. The van der Waals surface area contributed by atoms with E-state index in [9.17, 15) is 4.79 Å². The molecule has 0 heterocycles. The zero-order valence-electron chi connectivity index (χ0n) is 12.9. The average molecular weight is 294 g/mol. The number of hydrogen-bond acceptors (Lipinski definition) is 3. The molecule has 0 atom stereocenters. The van der Waals surface area contributed by atoms with Crippen molar-refractivity contribution in [2.75, 3.05) is 12.4 Å². The van der Waals surface area contributed by atoms with Crippen molar-refractivity contribution in [3.05, 3.63) is 59.7 Å². The van der Waals surface area contributed by atoms with E-state index in [2.05, 4.69) is 11.4 Å². The van der Waals surface area contributed by atoms with E-state index in [0.29, 0.717) is 11.3 Å². The van der Waals surface area contributed by atoms with Gasteiger partial charge in [0.25, 0.3) is 0 Å². The number of nitriles is 1. The molecule has 1 amide bonds. The summed E-state index contributed by atoms with van der Waals surface area (Å²) >= 11 is 0. The summed E-state index contributed by atoms with van der Waals surface area (Å²) in [6.45, 7) is 3.72. The summed E-state index contributed by atoms with van der Waals surface area (Å²) in [4.78, 5) is 12.6. The van der Waals surface area contributed by atoms with Gasteiger partial charge in [0.15, 0.2) is 0 Å². The first kappa shape index (κ1) is 15.6. The fourth-order valence-electron chi connectivity index (χ4n) is 2.09. The number of carbonyl (C=O) groups excluding carboxylic acids is 1.